The first-order valence-electron chi connectivity index (χ1n) is 11.1. The van der Waals surface area contributed by atoms with Gasteiger partial charge in [0, 0.05) is 64.4 Å². The number of carbonyl (C=O) groups is 2. The first-order valence-corrected chi connectivity index (χ1v) is 11.1. The predicted octanol–water partition coefficient (Wildman–Crippen LogP) is 1.92. The van der Waals surface area contributed by atoms with E-state index in [1.807, 2.05) is 4.90 Å². The molecule has 1 saturated carbocycles. The van der Waals surface area contributed by atoms with Gasteiger partial charge in [-0.15, -0.1) is 0 Å². The summed E-state index contributed by atoms with van der Waals surface area (Å²) in [6.07, 6.45) is 5.70. The lowest BCUT2D eigenvalue weighted by Crippen LogP contribution is -2.53. The molecule has 3 amide bonds. The number of urea groups is 1. The van der Waals surface area contributed by atoms with Crippen LogP contribution in [0.5, 0.6) is 0 Å². The minimum atomic E-state index is 0.0501. The number of nitrogens with one attached hydrogen (secondary N) is 1. The van der Waals surface area contributed by atoms with Crippen LogP contribution in [0.4, 0.5) is 4.79 Å². The molecule has 0 spiro atoms. The van der Waals surface area contributed by atoms with Gasteiger partial charge in [0.05, 0.1) is 6.10 Å². The van der Waals surface area contributed by atoms with Crippen LogP contribution in [0.2, 0.25) is 0 Å². The summed E-state index contributed by atoms with van der Waals surface area (Å²) in [4.78, 5) is 31.8. The number of amides is 3. The number of ether oxygens (including phenoxy) is 1. The summed E-state index contributed by atoms with van der Waals surface area (Å²) in [6, 6.07) is 0.806. The van der Waals surface area contributed by atoms with Gasteiger partial charge in [0.15, 0.2) is 0 Å². The van der Waals surface area contributed by atoms with Crippen LogP contribution in [0.25, 0.3) is 0 Å². The largest absolute Gasteiger partial charge is 0.381 e. The Morgan fingerprint density at radius 1 is 0.857 bits per heavy atom. The molecule has 3 rings (SSSR count). The number of piperazine rings is 1. The van der Waals surface area contributed by atoms with Gasteiger partial charge in [0.2, 0.25) is 5.91 Å². The second-order valence-electron chi connectivity index (χ2n) is 8.88. The summed E-state index contributed by atoms with van der Waals surface area (Å²) in [5.41, 5.74) is 0. The molecule has 28 heavy (non-hydrogen) atoms. The molecule has 0 atom stereocenters. The highest BCUT2D eigenvalue weighted by atomic mass is 16.5. The van der Waals surface area contributed by atoms with Crippen LogP contribution in [0.3, 0.4) is 0 Å². The third kappa shape index (κ3) is 5.38. The quantitative estimate of drug-likeness (QED) is 0.791. The Kier molecular flexibility index (Phi) is 7.57. The third-order valence-electron chi connectivity index (χ3n) is 6.82. The Labute approximate surface area is 169 Å². The molecule has 2 heterocycles. The number of carbonyl (C=O) groups excluding carboxylic acids is 2. The number of hydrogen-bond donors (Lipinski definition) is 1. The molecule has 3 fully saturated rings. The van der Waals surface area contributed by atoms with Crippen LogP contribution in [0, 0.1) is 5.92 Å². The summed E-state index contributed by atoms with van der Waals surface area (Å²) in [6.45, 7) is 9.63. The summed E-state index contributed by atoms with van der Waals surface area (Å²) in [7, 11) is 1.74. The summed E-state index contributed by atoms with van der Waals surface area (Å²) in [5.74, 6) is 0.464. The molecule has 2 saturated heterocycles. The maximum atomic E-state index is 12.9. The van der Waals surface area contributed by atoms with Crippen LogP contribution < -0.4 is 5.32 Å². The van der Waals surface area contributed by atoms with Crippen molar-refractivity contribution < 1.29 is 14.3 Å². The van der Waals surface area contributed by atoms with Gasteiger partial charge in [-0.2, -0.15) is 0 Å². The van der Waals surface area contributed by atoms with E-state index in [1.54, 1.807) is 7.11 Å². The van der Waals surface area contributed by atoms with E-state index >= 15 is 0 Å². The Bertz CT molecular complexity index is 518. The molecule has 7 nitrogen and oxygen atoms in total. The summed E-state index contributed by atoms with van der Waals surface area (Å²) < 4.78 is 5.37. The molecule has 0 aromatic carbocycles. The molecule has 1 N–H and O–H groups in total. The van der Waals surface area contributed by atoms with Crippen molar-refractivity contribution in [3.63, 3.8) is 0 Å². The normalized spacial score (nSPS) is 27.9. The lowest BCUT2D eigenvalue weighted by atomic mass is 9.85. The lowest BCUT2D eigenvalue weighted by Gasteiger charge is -2.39. The van der Waals surface area contributed by atoms with Gasteiger partial charge in [-0.05, 0) is 52.4 Å². The zero-order chi connectivity index (χ0) is 20.1. The molecule has 0 aromatic rings. The molecule has 2 aliphatic heterocycles. The fourth-order valence-electron chi connectivity index (χ4n) is 4.76. The standard InChI is InChI=1S/C21H38N4O3/c1-16(2)23-12-14-24(15-13-23)20(26)17-4-6-18(7-5-17)22-21(27)25-10-8-19(28-3)9-11-25/h16-19H,4-15H2,1-3H3,(H,22,27)/t17-,18-. The zero-order valence-electron chi connectivity index (χ0n) is 17.9. The summed E-state index contributed by atoms with van der Waals surface area (Å²) >= 11 is 0. The first kappa shape index (κ1) is 21.4. The zero-order valence-corrected chi connectivity index (χ0v) is 17.9. The second kappa shape index (κ2) is 9.92. The van der Waals surface area contributed by atoms with Crippen molar-refractivity contribution in [1.82, 2.24) is 20.0 Å². The Balaban J connectivity index is 1.37. The van der Waals surface area contributed by atoms with Crippen molar-refractivity contribution >= 4 is 11.9 Å². The Morgan fingerprint density at radius 3 is 2.00 bits per heavy atom. The van der Waals surface area contributed by atoms with Crippen LogP contribution in [0.15, 0.2) is 0 Å². The van der Waals surface area contributed by atoms with Gasteiger partial charge < -0.3 is 19.9 Å². The number of nitrogens with zero attached hydrogens (tertiary/aromatic N) is 3. The van der Waals surface area contributed by atoms with Crippen molar-refractivity contribution in [3.05, 3.63) is 0 Å². The number of hydrogen-bond acceptors (Lipinski definition) is 4. The topological polar surface area (TPSA) is 65.1 Å². The van der Waals surface area contributed by atoms with Gasteiger partial charge in [-0.25, -0.2) is 4.79 Å². The number of methoxy groups -OCH3 is 1. The van der Waals surface area contributed by atoms with Gasteiger partial charge in [-0.1, -0.05) is 0 Å². The number of rotatable bonds is 4. The van der Waals surface area contributed by atoms with Crippen LogP contribution in [-0.2, 0) is 9.53 Å². The van der Waals surface area contributed by atoms with Crippen molar-refractivity contribution in [2.24, 2.45) is 5.92 Å². The summed E-state index contributed by atoms with van der Waals surface area (Å²) in [5, 5.41) is 3.19. The first-order chi connectivity index (χ1) is 13.5. The Hall–Kier alpha value is -1.34. The van der Waals surface area contributed by atoms with E-state index in [4.69, 9.17) is 4.74 Å². The second-order valence-corrected chi connectivity index (χ2v) is 8.88. The van der Waals surface area contributed by atoms with Crippen LogP contribution in [0.1, 0.15) is 52.4 Å². The van der Waals surface area contributed by atoms with Crippen LogP contribution in [-0.4, -0.2) is 91.2 Å². The molecule has 3 aliphatic rings. The van der Waals surface area contributed by atoms with E-state index in [1.165, 1.54) is 0 Å². The third-order valence-corrected chi connectivity index (χ3v) is 6.82. The fraction of sp³-hybridized carbons (Fsp3) is 0.905. The smallest absolute Gasteiger partial charge is 0.317 e. The Morgan fingerprint density at radius 2 is 1.46 bits per heavy atom. The van der Waals surface area contributed by atoms with Crippen molar-refractivity contribution in [2.75, 3.05) is 46.4 Å². The van der Waals surface area contributed by atoms with E-state index < -0.39 is 0 Å². The number of piperidine rings is 1. The van der Waals surface area contributed by atoms with Crippen molar-refractivity contribution in [1.29, 1.82) is 0 Å². The highest BCUT2D eigenvalue weighted by Gasteiger charge is 2.32. The minimum absolute atomic E-state index is 0.0501. The SMILES string of the molecule is COC1CCN(C(=O)N[C@H]2CC[C@H](C(=O)N3CCN(C(C)C)CC3)CC2)CC1. The highest BCUT2D eigenvalue weighted by Crippen LogP contribution is 2.27. The molecule has 160 valence electrons. The maximum Gasteiger partial charge on any atom is 0.317 e. The van der Waals surface area contributed by atoms with Crippen LogP contribution >= 0.6 is 0 Å². The van der Waals surface area contributed by atoms with E-state index in [-0.39, 0.29) is 24.1 Å². The molecular weight excluding hydrogens is 356 g/mol. The van der Waals surface area contributed by atoms with E-state index in [0.717, 1.165) is 77.8 Å². The van der Waals surface area contributed by atoms with Gasteiger partial charge >= 0.3 is 6.03 Å². The molecule has 0 bridgehead atoms. The molecule has 0 aromatic heterocycles. The van der Waals surface area contributed by atoms with Gasteiger partial charge in [0.1, 0.15) is 0 Å². The van der Waals surface area contributed by atoms with E-state index in [0.29, 0.717) is 11.9 Å². The van der Waals surface area contributed by atoms with Crippen molar-refractivity contribution in [2.45, 2.75) is 70.6 Å². The highest BCUT2D eigenvalue weighted by molar-refractivity contribution is 5.79. The lowest BCUT2D eigenvalue weighted by molar-refractivity contribution is -0.138. The number of likely N-dealkylation sites (tertiary alicyclic amines) is 1. The molecule has 7 heteroatoms. The molecule has 0 radical (unpaired) electrons. The monoisotopic (exact) mass is 394 g/mol. The van der Waals surface area contributed by atoms with E-state index in [2.05, 4.69) is 29.0 Å². The predicted molar refractivity (Wildman–Crippen MR) is 109 cm³/mol. The average Bonchev–Trinajstić information content (AvgIpc) is 2.74. The van der Waals surface area contributed by atoms with Crippen molar-refractivity contribution in [3.8, 4) is 0 Å². The van der Waals surface area contributed by atoms with Gasteiger partial charge in [-0.3, -0.25) is 9.69 Å². The van der Waals surface area contributed by atoms with Gasteiger partial charge in [0.25, 0.3) is 0 Å². The maximum absolute atomic E-state index is 12.9. The van der Waals surface area contributed by atoms with E-state index in [9.17, 15) is 9.59 Å². The molecule has 0 unspecified atom stereocenters. The average molecular weight is 395 g/mol. The molecule has 1 aliphatic carbocycles. The minimum Gasteiger partial charge on any atom is -0.381 e. The molecular formula is C21H38N4O3. The fourth-order valence-corrected chi connectivity index (χ4v) is 4.76.